The van der Waals surface area contributed by atoms with Crippen molar-refractivity contribution in [1.29, 1.82) is 0 Å². The smallest absolute Gasteiger partial charge is 0.191 e. The van der Waals surface area contributed by atoms with E-state index in [0.29, 0.717) is 12.1 Å². The predicted octanol–water partition coefficient (Wildman–Crippen LogP) is 4.08. The Morgan fingerprint density at radius 1 is 1.00 bits per heavy atom. The molecule has 4 rings (SSSR count). The Morgan fingerprint density at radius 2 is 1.76 bits per heavy atom. The average molecular weight is 399 g/mol. The minimum Gasteiger partial charge on any atom is -0.490 e. The minimum absolute atomic E-state index is 0.405. The molecule has 2 saturated carbocycles. The Morgan fingerprint density at radius 3 is 2.45 bits per heavy atom. The van der Waals surface area contributed by atoms with E-state index in [1.54, 1.807) is 0 Å². The van der Waals surface area contributed by atoms with Gasteiger partial charge in [0.05, 0.1) is 6.10 Å². The van der Waals surface area contributed by atoms with Gasteiger partial charge in [-0.25, -0.2) is 0 Å². The average Bonchev–Trinajstić information content (AvgIpc) is 2.75. The molecule has 2 aliphatic carbocycles. The number of guanidine groups is 1. The van der Waals surface area contributed by atoms with Crippen LogP contribution in [0.25, 0.3) is 0 Å². The van der Waals surface area contributed by atoms with Crippen molar-refractivity contribution in [3.05, 3.63) is 29.8 Å². The summed E-state index contributed by atoms with van der Waals surface area (Å²) in [4.78, 5) is 7.20. The molecule has 0 spiro atoms. The lowest BCUT2D eigenvalue weighted by atomic mass is 9.92. The molecule has 1 aromatic carbocycles. The molecule has 1 aromatic rings. The van der Waals surface area contributed by atoms with Crippen LogP contribution in [0.2, 0.25) is 0 Å². The van der Waals surface area contributed by atoms with Crippen molar-refractivity contribution in [1.82, 2.24) is 15.5 Å². The largest absolute Gasteiger partial charge is 0.490 e. The summed E-state index contributed by atoms with van der Waals surface area (Å²) >= 11 is 0. The van der Waals surface area contributed by atoms with Crippen LogP contribution in [0, 0.1) is 0 Å². The molecule has 29 heavy (non-hydrogen) atoms. The van der Waals surface area contributed by atoms with Gasteiger partial charge in [0.15, 0.2) is 5.96 Å². The predicted molar refractivity (Wildman–Crippen MR) is 120 cm³/mol. The van der Waals surface area contributed by atoms with Gasteiger partial charge in [-0.2, -0.15) is 0 Å². The van der Waals surface area contributed by atoms with Crippen LogP contribution in [0.4, 0.5) is 0 Å². The van der Waals surface area contributed by atoms with Crippen molar-refractivity contribution in [3.63, 3.8) is 0 Å². The van der Waals surface area contributed by atoms with E-state index < -0.39 is 0 Å². The molecular formula is C24H38N4O. The van der Waals surface area contributed by atoms with E-state index in [0.717, 1.165) is 24.3 Å². The summed E-state index contributed by atoms with van der Waals surface area (Å²) in [5, 5.41) is 7.16. The fourth-order valence-electron chi connectivity index (χ4n) is 4.86. The fourth-order valence-corrected chi connectivity index (χ4v) is 4.86. The Kier molecular flexibility index (Phi) is 7.31. The van der Waals surface area contributed by atoms with Crippen molar-refractivity contribution < 1.29 is 4.74 Å². The minimum atomic E-state index is 0.405. The third-order valence-corrected chi connectivity index (χ3v) is 6.95. The number of nitrogens with zero attached hydrogens (tertiary/aromatic N) is 2. The molecule has 0 bridgehead atoms. The molecule has 0 aromatic heterocycles. The zero-order valence-corrected chi connectivity index (χ0v) is 18.0. The van der Waals surface area contributed by atoms with Crippen molar-refractivity contribution in [3.8, 4) is 5.75 Å². The first-order valence-corrected chi connectivity index (χ1v) is 11.8. The topological polar surface area (TPSA) is 48.9 Å². The van der Waals surface area contributed by atoms with E-state index in [2.05, 4.69) is 44.8 Å². The lowest BCUT2D eigenvalue weighted by molar-refractivity contribution is 0.119. The highest BCUT2D eigenvalue weighted by atomic mass is 16.5. The zero-order chi connectivity index (χ0) is 19.9. The van der Waals surface area contributed by atoms with Crippen molar-refractivity contribution >= 4 is 5.96 Å². The maximum Gasteiger partial charge on any atom is 0.191 e. The Hall–Kier alpha value is -1.75. The van der Waals surface area contributed by atoms with E-state index in [9.17, 15) is 0 Å². The Labute approximate surface area is 176 Å². The number of nitrogens with one attached hydrogen (secondary N) is 2. The number of para-hydroxylation sites is 1. The normalized spacial score (nSPS) is 22.9. The summed E-state index contributed by atoms with van der Waals surface area (Å²) in [5.74, 6) is 1.92. The van der Waals surface area contributed by atoms with Crippen LogP contribution in [0.1, 0.15) is 69.8 Å². The van der Waals surface area contributed by atoms with E-state index in [-0.39, 0.29) is 0 Å². The second kappa shape index (κ2) is 10.3. The molecule has 160 valence electrons. The SMILES string of the molecule is CN=C(NCc1ccccc1OC1CCC1)NC1CCN(C2CCCCC2)CC1. The number of rotatable bonds is 6. The molecular weight excluding hydrogens is 360 g/mol. The second-order valence-electron chi connectivity index (χ2n) is 8.95. The van der Waals surface area contributed by atoms with Gasteiger partial charge in [0, 0.05) is 44.3 Å². The number of aliphatic imine (C=N–C) groups is 1. The van der Waals surface area contributed by atoms with Gasteiger partial charge in [0.2, 0.25) is 0 Å². The van der Waals surface area contributed by atoms with E-state index in [4.69, 9.17) is 4.74 Å². The van der Waals surface area contributed by atoms with Crippen molar-refractivity contribution in [2.75, 3.05) is 20.1 Å². The van der Waals surface area contributed by atoms with Gasteiger partial charge in [0.25, 0.3) is 0 Å². The van der Waals surface area contributed by atoms with Crippen LogP contribution in [0.15, 0.2) is 29.3 Å². The number of benzene rings is 1. The Balaban J connectivity index is 1.23. The van der Waals surface area contributed by atoms with Gasteiger partial charge in [-0.1, -0.05) is 37.5 Å². The van der Waals surface area contributed by atoms with Crippen LogP contribution in [0.5, 0.6) is 5.75 Å². The summed E-state index contributed by atoms with van der Waals surface area (Å²) in [5.41, 5.74) is 1.20. The summed E-state index contributed by atoms with van der Waals surface area (Å²) in [6.07, 6.45) is 13.6. The third kappa shape index (κ3) is 5.65. The number of likely N-dealkylation sites (tertiary alicyclic amines) is 1. The lowest BCUT2D eigenvalue weighted by Crippen LogP contribution is -2.50. The first-order chi connectivity index (χ1) is 14.3. The Bertz CT molecular complexity index is 659. The second-order valence-corrected chi connectivity index (χ2v) is 8.95. The first-order valence-electron chi connectivity index (χ1n) is 11.8. The van der Waals surface area contributed by atoms with Crippen molar-refractivity contribution in [2.24, 2.45) is 4.99 Å². The molecule has 3 aliphatic rings. The number of ether oxygens (including phenoxy) is 1. The number of piperidine rings is 1. The summed E-state index contributed by atoms with van der Waals surface area (Å²) in [7, 11) is 1.86. The van der Waals surface area contributed by atoms with Crippen LogP contribution >= 0.6 is 0 Å². The van der Waals surface area contributed by atoms with Crippen LogP contribution in [-0.2, 0) is 6.54 Å². The highest BCUT2D eigenvalue weighted by molar-refractivity contribution is 5.80. The maximum atomic E-state index is 6.16. The molecule has 1 saturated heterocycles. The van der Waals surface area contributed by atoms with Crippen LogP contribution < -0.4 is 15.4 Å². The fraction of sp³-hybridized carbons (Fsp3) is 0.708. The molecule has 5 nitrogen and oxygen atoms in total. The number of hydrogen-bond donors (Lipinski definition) is 2. The van der Waals surface area contributed by atoms with Gasteiger partial charge in [-0.3, -0.25) is 4.99 Å². The van der Waals surface area contributed by atoms with Gasteiger partial charge in [-0.15, -0.1) is 0 Å². The quantitative estimate of drug-likeness (QED) is 0.560. The maximum absolute atomic E-state index is 6.16. The zero-order valence-electron chi connectivity index (χ0n) is 18.0. The molecule has 0 unspecified atom stereocenters. The monoisotopic (exact) mass is 398 g/mol. The molecule has 5 heteroatoms. The third-order valence-electron chi connectivity index (χ3n) is 6.95. The van der Waals surface area contributed by atoms with Gasteiger partial charge in [0.1, 0.15) is 5.75 Å². The van der Waals surface area contributed by atoms with E-state index >= 15 is 0 Å². The molecule has 0 radical (unpaired) electrons. The van der Waals surface area contributed by atoms with Crippen LogP contribution in [0.3, 0.4) is 0 Å². The highest BCUT2D eigenvalue weighted by Gasteiger charge is 2.26. The first kappa shape index (κ1) is 20.5. The van der Waals surface area contributed by atoms with Gasteiger partial charge in [-0.05, 0) is 51.0 Å². The summed E-state index contributed by atoms with van der Waals surface area (Å²) in [6, 6.07) is 9.74. The molecule has 0 amide bonds. The molecule has 0 atom stereocenters. The van der Waals surface area contributed by atoms with E-state index in [1.807, 2.05) is 7.05 Å². The highest BCUT2D eigenvalue weighted by Crippen LogP contribution is 2.28. The summed E-state index contributed by atoms with van der Waals surface area (Å²) in [6.45, 7) is 3.18. The molecule has 2 N–H and O–H groups in total. The van der Waals surface area contributed by atoms with Gasteiger partial charge >= 0.3 is 0 Å². The number of hydrogen-bond acceptors (Lipinski definition) is 3. The summed E-state index contributed by atoms with van der Waals surface area (Å²) < 4.78 is 6.16. The lowest BCUT2D eigenvalue weighted by Gasteiger charge is -2.39. The standard InChI is InChI=1S/C24H38N4O/c1-25-24(26-18-19-8-5-6-13-23(19)29-22-11-7-12-22)27-20-14-16-28(17-15-20)21-9-3-2-4-10-21/h5-6,8,13,20-22H,2-4,7,9-12,14-18H2,1H3,(H2,25,26,27). The molecule has 1 heterocycles. The van der Waals surface area contributed by atoms with E-state index in [1.165, 1.54) is 82.9 Å². The van der Waals surface area contributed by atoms with Gasteiger partial charge < -0.3 is 20.3 Å². The molecule has 3 fully saturated rings. The molecule has 1 aliphatic heterocycles. The van der Waals surface area contributed by atoms with Crippen molar-refractivity contribution in [2.45, 2.75) is 88.9 Å². The van der Waals surface area contributed by atoms with Crippen LogP contribution in [-0.4, -0.2) is 49.2 Å².